The Bertz CT molecular complexity index is 1110. The highest BCUT2D eigenvalue weighted by Gasteiger charge is 2.28. The van der Waals surface area contributed by atoms with Crippen LogP contribution in [0.25, 0.3) is 5.69 Å². The average molecular weight is 361 g/mol. The number of halogens is 1. The van der Waals surface area contributed by atoms with E-state index in [0.29, 0.717) is 22.9 Å². The van der Waals surface area contributed by atoms with E-state index in [4.69, 9.17) is 0 Å². The maximum Gasteiger partial charge on any atom is 0.356 e. The number of hydrogen-bond acceptors (Lipinski definition) is 3. The Balaban J connectivity index is 1.75. The molecule has 2 aliphatic rings. The van der Waals surface area contributed by atoms with Gasteiger partial charge in [-0.3, -0.25) is 4.99 Å². The molecule has 1 aliphatic heterocycles. The molecule has 0 bridgehead atoms. The molecule has 1 aliphatic carbocycles. The van der Waals surface area contributed by atoms with E-state index in [1.807, 2.05) is 12.1 Å². The van der Waals surface area contributed by atoms with Gasteiger partial charge in [-0.05, 0) is 54.7 Å². The molecule has 0 amide bonds. The largest absolute Gasteiger partial charge is 0.476 e. The van der Waals surface area contributed by atoms with Crippen LogP contribution < -0.4 is 0 Å². The summed E-state index contributed by atoms with van der Waals surface area (Å²) >= 11 is 0. The molecule has 1 aromatic heterocycles. The van der Waals surface area contributed by atoms with E-state index in [9.17, 15) is 14.3 Å². The number of hydrogen-bond donors (Lipinski definition) is 1. The summed E-state index contributed by atoms with van der Waals surface area (Å²) in [5.74, 6) is -0.873. The van der Waals surface area contributed by atoms with Crippen LogP contribution >= 0.6 is 0 Å². The Labute approximate surface area is 154 Å². The van der Waals surface area contributed by atoms with E-state index >= 15 is 0 Å². The highest BCUT2D eigenvalue weighted by molar-refractivity contribution is 6.15. The normalized spacial score (nSPS) is 15.5. The molecule has 1 saturated carbocycles. The van der Waals surface area contributed by atoms with Crippen LogP contribution in [-0.4, -0.2) is 26.6 Å². The van der Waals surface area contributed by atoms with Crippen molar-refractivity contribution in [3.63, 3.8) is 0 Å². The van der Waals surface area contributed by atoms with E-state index in [-0.39, 0.29) is 18.1 Å². The van der Waals surface area contributed by atoms with Crippen molar-refractivity contribution in [1.82, 2.24) is 9.78 Å². The van der Waals surface area contributed by atoms with Gasteiger partial charge in [0.1, 0.15) is 5.82 Å². The summed E-state index contributed by atoms with van der Waals surface area (Å²) in [7, 11) is 0. The number of aromatic nitrogens is 2. The first kappa shape index (κ1) is 15.9. The Morgan fingerprint density at radius 1 is 1.11 bits per heavy atom. The van der Waals surface area contributed by atoms with Crippen molar-refractivity contribution < 1.29 is 14.3 Å². The molecule has 2 aromatic carbocycles. The van der Waals surface area contributed by atoms with E-state index < -0.39 is 5.97 Å². The molecule has 0 radical (unpaired) electrons. The third kappa shape index (κ3) is 2.65. The van der Waals surface area contributed by atoms with Gasteiger partial charge < -0.3 is 5.11 Å². The van der Waals surface area contributed by atoms with E-state index in [0.717, 1.165) is 24.1 Å². The molecule has 1 fully saturated rings. The summed E-state index contributed by atoms with van der Waals surface area (Å²) in [5, 5.41) is 13.5. The Kier molecular flexibility index (Phi) is 3.47. The van der Waals surface area contributed by atoms with Crippen LogP contribution in [0.5, 0.6) is 0 Å². The lowest BCUT2D eigenvalue weighted by atomic mass is 9.97. The van der Waals surface area contributed by atoms with Gasteiger partial charge in [0.25, 0.3) is 0 Å². The van der Waals surface area contributed by atoms with Gasteiger partial charge in [-0.15, -0.1) is 0 Å². The first-order chi connectivity index (χ1) is 13.1. The van der Waals surface area contributed by atoms with Gasteiger partial charge in [-0.1, -0.05) is 18.2 Å². The van der Waals surface area contributed by atoms with Gasteiger partial charge in [0, 0.05) is 11.1 Å². The molecule has 0 atom stereocenters. The lowest BCUT2D eigenvalue weighted by Gasteiger charge is -2.13. The third-order valence-corrected chi connectivity index (χ3v) is 5.08. The molecule has 1 N–H and O–H groups in total. The number of rotatable bonds is 3. The number of nitrogens with zero attached hydrogens (tertiary/aromatic N) is 3. The van der Waals surface area contributed by atoms with E-state index in [2.05, 4.69) is 16.2 Å². The van der Waals surface area contributed by atoms with Gasteiger partial charge in [0.2, 0.25) is 0 Å². The summed E-state index contributed by atoms with van der Waals surface area (Å²) in [6.07, 6.45) is 2.31. The maximum absolute atomic E-state index is 14.5. The zero-order valence-electron chi connectivity index (χ0n) is 14.4. The summed E-state index contributed by atoms with van der Waals surface area (Å²) in [4.78, 5) is 16.0. The topological polar surface area (TPSA) is 67.5 Å². The third-order valence-electron chi connectivity index (χ3n) is 5.08. The van der Waals surface area contributed by atoms with Crippen molar-refractivity contribution in [2.24, 2.45) is 4.99 Å². The van der Waals surface area contributed by atoms with Crippen molar-refractivity contribution in [2.45, 2.75) is 25.3 Å². The number of carboxylic acid groups (broad SMARTS) is 1. The van der Waals surface area contributed by atoms with Gasteiger partial charge in [-0.2, -0.15) is 5.10 Å². The highest BCUT2D eigenvalue weighted by atomic mass is 19.1. The molecule has 0 spiro atoms. The monoisotopic (exact) mass is 361 g/mol. The summed E-state index contributed by atoms with van der Waals surface area (Å²) < 4.78 is 16.1. The van der Waals surface area contributed by atoms with Gasteiger partial charge in [0.05, 0.1) is 23.6 Å². The van der Waals surface area contributed by atoms with E-state index in [1.54, 1.807) is 22.9 Å². The lowest BCUT2D eigenvalue weighted by Crippen LogP contribution is -2.11. The highest BCUT2D eigenvalue weighted by Crippen LogP contribution is 2.41. The zero-order valence-corrected chi connectivity index (χ0v) is 14.4. The number of benzene rings is 2. The second-order valence-electron chi connectivity index (χ2n) is 6.93. The number of aromatic carboxylic acids is 1. The van der Waals surface area contributed by atoms with Crippen LogP contribution in [0.2, 0.25) is 0 Å². The summed E-state index contributed by atoms with van der Waals surface area (Å²) in [6, 6.07) is 14.1. The summed E-state index contributed by atoms with van der Waals surface area (Å²) in [6.45, 7) is 0.234. The predicted octanol–water partition coefficient (Wildman–Crippen LogP) is 3.94. The average Bonchev–Trinajstić information content (AvgIpc) is 3.44. The summed E-state index contributed by atoms with van der Waals surface area (Å²) in [5.41, 5.74) is 4.37. The first-order valence-electron chi connectivity index (χ1n) is 8.88. The Morgan fingerprint density at radius 3 is 2.67 bits per heavy atom. The minimum Gasteiger partial charge on any atom is -0.476 e. The minimum atomic E-state index is -1.08. The van der Waals surface area contributed by atoms with Crippen molar-refractivity contribution in [3.8, 4) is 5.69 Å². The van der Waals surface area contributed by atoms with Gasteiger partial charge in [0.15, 0.2) is 5.69 Å². The Hall–Kier alpha value is -3.28. The SMILES string of the molecule is O=C(O)c1cc2n(n1)-c1ccc(C3CC3)cc1C(c1ccccc1F)=NC2. The molecule has 2 heterocycles. The second-order valence-corrected chi connectivity index (χ2v) is 6.93. The quantitative estimate of drug-likeness (QED) is 0.768. The van der Waals surface area contributed by atoms with Crippen LogP contribution in [0.3, 0.4) is 0 Å². The first-order valence-corrected chi connectivity index (χ1v) is 8.88. The fourth-order valence-electron chi connectivity index (χ4n) is 3.57. The van der Waals surface area contributed by atoms with Crippen LogP contribution in [0.4, 0.5) is 4.39 Å². The van der Waals surface area contributed by atoms with Gasteiger partial charge in [-0.25, -0.2) is 13.9 Å². The molecule has 5 nitrogen and oxygen atoms in total. The number of aliphatic imine (C=N–C) groups is 1. The number of fused-ring (bicyclic) bond motifs is 3. The van der Waals surface area contributed by atoms with Crippen LogP contribution in [0.1, 0.15) is 51.6 Å². The smallest absolute Gasteiger partial charge is 0.356 e. The molecule has 0 unspecified atom stereocenters. The fourth-order valence-corrected chi connectivity index (χ4v) is 3.57. The molecule has 3 aromatic rings. The molecule has 27 heavy (non-hydrogen) atoms. The molecular formula is C21H16FN3O2. The van der Waals surface area contributed by atoms with Crippen LogP contribution in [0, 0.1) is 5.82 Å². The number of carbonyl (C=O) groups is 1. The van der Waals surface area contributed by atoms with Crippen molar-refractivity contribution in [2.75, 3.05) is 0 Å². The second kappa shape index (κ2) is 5.87. The maximum atomic E-state index is 14.5. The van der Waals surface area contributed by atoms with Crippen molar-refractivity contribution >= 4 is 11.7 Å². The molecule has 5 rings (SSSR count). The zero-order chi connectivity index (χ0) is 18.5. The van der Waals surface area contributed by atoms with Crippen LogP contribution in [0.15, 0.2) is 53.5 Å². The van der Waals surface area contributed by atoms with E-state index in [1.165, 1.54) is 17.7 Å². The van der Waals surface area contributed by atoms with Gasteiger partial charge >= 0.3 is 5.97 Å². The lowest BCUT2D eigenvalue weighted by molar-refractivity contribution is 0.0690. The number of carboxylic acids is 1. The molecule has 134 valence electrons. The standard InChI is InChI=1S/C21H16FN3O2/c22-17-4-2-1-3-15(17)20-16-9-13(12-5-6-12)7-8-19(16)25-14(11-23-20)10-18(24-25)21(26)27/h1-4,7-10,12H,5-6,11H2,(H,26,27). The molecular weight excluding hydrogens is 345 g/mol. The minimum absolute atomic E-state index is 0.0215. The fraction of sp³-hybridized carbons (Fsp3) is 0.190. The Morgan fingerprint density at radius 2 is 1.93 bits per heavy atom. The molecule has 6 heteroatoms. The van der Waals surface area contributed by atoms with Crippen molar-refractivity contribution in [3.05, 3.63) is 82.4 Å². The predicted molar refractivity (Wildman–Crippen MR) is 98.2 cm³/mol. The van der Waals surface area contributed by atoms with Crippen LogP contribution in [-0.2, 0) is 6.54 Å². The molecule has 0 saturated heterocycles. The van der Waals surface area contributed by atoms with Crippen molar-refractivity contribution in [1.29, 1.82) is 0 Å².